The van der Waals surface area contributed by atoms with Crippen molar-refractivity contribution in [2.75, 3.05) is 18.0 Å². The van der Waals surface area contributed by atoms with Gasteiger partial charge in [0.2, 0.25) is 0 Å². The summed E-state index contributed by atoms with van der Waals surface area (Å²) in [6, 6.07) is 9.45. The number of rotatable bonds is 5. The van der Waals surface area contributed by atoms with E-state index in [9.17, 15) is 9.59 Å². The molecule has 34 heavy (non-hydrogen) atoms. The fourth-order valence-electron chi connectivity index (χ4n) is 5.28. The number of anilines is 1. The Bertz CT molecular complexity index is 1130. The van der Waals surface area contributed by atoms with Crippen LogP contribution in [0.4, 0.5) is 5.82 Å². The number of halogens is 1. The summed E-state index contributed by atoms with van der Waals surface area (Å²) >= 11 is 6.12. The lowest BCUT2D eigenvalue weighted by Crippen LogP contribution is -2.40. The maximum atomic E-state index is 13.1. The van der Waals surface area contributed by atoms with Gasteiger partial charge in [0.05, 0.1) is 22.3 Å². The highest BCUT2D eigenvalue weighted by Gasteiger charge is 2.36. The molecule has 8 heteroatoms. The van der Waals surface area contributed by atoms with Crippen LogP contribution < -0.4 is 9.64 Å². The Morgan fingerprint density at radius 2 is 1.88 bits per heavy atom. The van der Waals surface area contributed by atoms with Gasteiger partial charge in [-0.25, -0.2) is 4.98 Å². The number of pyridine rings is 1. The van der Waals surface area contributed by atoms with Crippen LogP contribution >= 0.6 is 11.6 Å². The summed E-state index contributed by atoms with van der Waals surface area (Å²) in [4.78, 5) is 32.9. The van der Waals surface area contributed by atoms with Gasteiger partial charge in [0.25, 0.3) is 5.91 Å². The standard InChI is InChI=1S/C26H27ClN4O3/c27-24-12-22(4-1-18(24)13-28)34-21-5-2-20(3-6-21)31-15-19-11-25(29-14-23(19)26(31)33)30-9-7-17(16-32)8-10-30/h1,4,11-12,14,16-17,20-21H,2-3,5-10,15H2. The predicted molar refractivity (Wildman–Crippen MR) is 128 cm³/mol. The fourth-order valence-corrected chi connectivity index (χ4v) is 5.49. The largest absolute Gasteiger partial charge is 0.490 e. The minimum Gasteiger partial charge on any atom is -0.490 e. The second-order valence-electron chi connectivity index (χ2n) is 9.40. The van der Waals surface area contributed by atoms with E-state index in [-0.39, 0.29) is 24.0 Å². The normalized spacial score (nSPS) is 22.9. The topological polar surface area (TPSA) is 86.5 Å². The van der Waals surface area contributed by atoms with Crippen molar-refractivity contribution in [1.29, 1.82) is 5.26 Å². The van der Waals surface area contributed by atoms with Crippen LogP contribution in [0.3, 0.4) is 0 Å². The van der Waals surface area contributed by atoms with E-state index >= 15 is 0 Å². The van der Waals surface area contributed by atoms with E-state index in [0.29, 0.717) is 28.4 Å². The van der Waals surface area contributed by atoms with Crippen LogP contribution in [0.5, 0.6) is 5.75 Å². The van der Waals surface area contributed by atoms with E-state index in [1.54, 1.807) is 24.4 Å². The molecule has 1 amide bonds. The first kappa shape index (κ1) is 22.7. The van der Waals surface area contributed by atoms with Crippen LogP contribution in [0.15, 0.2) is 30.5 Å². The first-order chi connectivity index (χ1) is 16.6. The van der Waals surface area contributed by atoms with Crippen molar-refractivity contribution in [2.24, 2.45) is 5.92 Å². The number of hydrogen-bond donors (Lipinski definition) is 0. The molecular formula is C26H27ClN4O3. The second kappa shape index (κ2) is 9.63. The van der Waals surface area contributed by atoms with Gasteiger partial charge in [0.15, 0.2) is 0 Å². The Morgan fingerprint density at radius 3 is 2.56 bits per heavy atom. The summed E-state index contributed by atoms with van der Waals surface area (Å²) in [7, 11) is 0. The van der Waals surface area contributed by atoms with Crippen LogP contribution in [0, 0.1) is 17.2 Å². The number of benzene rings is 1. The summed E-state index contributed by atoms with van der Waals surface area (Å²) < 4.78 is 6.10. The summed E-state index contributed by atoms with van der Waals surface area (Å²) in [5.41, 5.74) is 2.18. The smallest absolute Gasteiger partial charge is 0.256 e. The molecule has 2 aromatic rings. The second-order valence-corrected chi connectivity index (χ2v) is 9.80. The number of piperidine rings is 1. The molecule has 1 aromatic heterocycles. The van der Waals surface area contributed by atoms with Crippen molar-refractivity contribution in [2.45, 2.75) is 57.2 Å². The maximum Gasteiger partial charge on any atom is 0.256 e. The lowest BCUT2D eigenvalue weighted by molar-refractivity contribution is -0.111. The number of amides is 1. The Morgan fingerprint density at radius 1 is 1.12 bits per heavy atom. The lowest BCUT2D eigenvalue weighted by atomic mass is 9.92. The molecule has 7 nitrogen and oxygen atoms in total. The molecule has 1 aromatic carbocycles. The molecule has 0 bridgehead atoms. The molecule has 2 aliphatic heterocycles. The molecule has 176 valence electrons. The number of aldehydes is 1. The molecule has 0 radical (unpaired) electrons. The van der Waals surface area contributed by atoms with Gasteiger partial charge in [-0.05, 0) is 62.3 Å². The van der Waals surface area contributed by atoms with E-state index in [4.69, 9.17) is 21.6 Å². The number of nitriles is 1. The highest BCUT2D eigenvalue weighted by atomic mass is 35.5. The Balaban J connectivity index is 1.18. The molecule has 1 saturated heterocycles. The minimum absolute atomic E-state index is 0.0666. The highest BCUT2D eigenvalue weighted by molar-refractivity contribution is 6.31. The van der Waals surface area contributed by atoms with Gasteiger partial charge in [0.1, 0.15) is 23.9 Å². The van der Waals surface area contributed by atoms with Crippen molar-refractivity contribution < 1.29 is 14.3 Å². The number of aromatic nitrogens is 1. The number of fused-ring (bicyclic) bond motifs is 1. The van der Waals surface area contributed by atoms with Crippen molar-refractivity contribution in [3.63, 3.8) is 0 Å². The molecule has 3 aliphatic rings. The van der Waals surface area contributed by atoms with Gasteiger partial charge in [-0.15, -0.1) is 0 Å². The molecule has 0 atom stereocenters. The molecule has 1 aliphatic carbocycles. The number of carbonyl (C=O) groups excluding carboxylic acids is 2. The van der Waals surface area contributed by atoms with E-state index in [1.807, 2.05) is 4.90 Å². The number of nitrogens with zero attached hydrogens (tertiary/aromatic N) is 4. The Kier molecular flexibility index (Phi) is 6.42. The predicted octanol–water partition coefficient (Wildman–Crippen LogP) is 4.37. The number of hydrogen-bond acceptors (Lipinski definition) is 6. The van der Waals surface area contributed by atoms with Crippen LogP contribution in [0.25, 0.3) is 0 Å². The van der Waals surface area contributed by atoms with Gasteiger partial charge in [-0.1, -0.05) is 11.6 Å². The minimum atomic E-state index is 0.0666. The van der Waals surface area contributed by atoms with Crippen molar-refractivity contribution in [3.05, 3.63) is 52.2 Å². The van der Waals surface area contributed by atoms with Gasteiger partial charge >= 0.3 is 0 Å². The number of carbonyl (C=O) groups is 2. The van der Waals surface area contributed by atoms with Crippen molar-refractivity contribution >= 4 is 29.6 Å². The third kappa shape index (κ3) is 4.47. The lowest BCUT2D eigenvalue weighted by Gasteiger charge is -2.34. The molecule has 2 fully saturated rings. The quantitative estimate of drug-likeness (QED) is 0.593. The third-order valence-corrected chi connectivity index (χ3v) is 7.62. The van der Waals surface area contributed by atoms with Crippen LogP contribution in [-0.2, 0) is 11.3 Å². The third-order valence-electron chi connectivity index (χ3n) is 7.31. The Labute approximate surface area is 204 Å². The van der Waals surface area contributed by atoms with E-state index in [1.165, 1.54) is 0 Å². The van der Waals surface area contributed by atoms with E-state index < -0.39 is 0 Å². The molecular weight excluding hydrogens is 452 g/mol. The number of ether oxygens (including phenoxy) is 1. The summed E-state index contributed by atoms with van der Waals surface area (Å²) in [6.07, 6.45) is 8.05. The van der Waals surface area contributed by atoms with Gasteiger partial charge in [-0.2, -0.15) is 5.26 Å². The average Bonchev–Trinajstić information content (AvgIpc) is 3.20. The summed E-state index contributed by atoms with van der Waals surface area (Å²) in [5.74, 6) is 1.79. The first-order valence-electron chi connectivity index (χ1n) is 11.9. The van der Waals surface area contributed by atoms with Gasteiger partial charge in [0, 0.05) is 43.9 Å². The van der Waals surface area contributed by atoms with Crippen LogP contribution in [0.1, 0.15) is 60.0 Å². The van der Waals surface area contributed by atoms with E-state index in [2.05, 4.69) is 22.0 Å². The van der Waals surface area contributed by atoms with Crippen molar-refractivity contribution in [1.82, 2.24) is 9.88 Å². The fraction of sp³-hybridized carbons (Fsp3) is 0.462. The first-order valence-corrected chi connectivity index (χ1v) is 12.3. The average molecular weight is 479 g/mol. The molecule has 3 heterocycles. The zero-order chi connectivity index (χ0) is 23.7. The molecule has 1 saturated carbocycles. The van der Waals surface area contributed by atoms with E-state index in [0.717, 1.165) is 69.3 Å². The maximum absolute atomic E-state index is 13.1. The molecule has 0 spiro atoms. The SMILES string of the molecule is N#Cc1ccc(OC2CCC(N3Cc4cc(N5CCC(C=O)CC5)ncc4C3=O)CC2)cc1Cl. The zero-order valence-corrected chi connectivity index (χ0v) is 19.7. The Hall–Kier alpha value is -3.11. The highest BCUT2D eigenvalue weighted by Crippen LogP contribution is 2.34. The van der Waals surface area contributed by atoms with Gasteiger partial charge < -0.3 is 19.3 Å². The summed E-state index contributed by atoms with van der Waals surface area (Å²) in [6.45, 7) is 2.26. The van der Waals surface area contributed by atoms with Gasteiger partial charge in [-0.3, -0.25) is 4.79 Å². The van der Waals surface area contributed by atoms with Crippen LogP contribution in [0.2, 0.25) is 5.02 Å². The van der Waals surface area contributed by atoms with Crippen molar-refractivity contribution in [3.8, 4) is 11.8 Å². The molecule has 5 rings (SSSR count). The zero-order valence-electron chi connectivity index (χ0n) is 19.0. The monoisotopic (exact) mass is 478 g/mol. The molecule has 0 unspecified atom stereocenters. The summed E-state index contributed by atoms with van der Waals surface area (Å²) in [5, 5.41) is 9.42. The molecule has 0 N–H and O–H groups in total. The van der Waals surface area contributed by atoms with Crippen LogP contribution in [-0.4, -0.2) is 47.3 Å².